The normalized spacial score (nSPS) is 23.3. The molecule has 2 aromatic carbocycles. The van der Waals surface area contributed by atoms with Crippen LogP contribution in [0.3, 0.4) is 0 Å². The van der Waals surface area contributed by atoms with Crippen LogP contribution in [-0.2, 0) is 14.3 Å². The van der Waals surface area contributed by atoms with E-state index in [2.05, 4.69) is 64.1 Å². The fraction of sp³-hybridized carbons (Fsp3) is 0.491. The van der Waals surface area contributed by atoms with E-state index in [9.17, 15) is 18.3 Å². The first kappa shape index (κ1) is 56.1. The van der Waals surface area contributed by atoms with Gasteiger partial charge in [0.15, 0.2) is 18.1 Å². The van der Waals surface area contributed by atoms with E-state index < -0.39 is 30.2 Å². The number of piperidine rings is 3. The third kappa shape index (κ3) is 13.8. The van der Waals surface area contributed by atoms with Crippen LogP contribution in [0.2, 0.25) is 0 Å². The molecule has 398 valence electrons. The summed E-state index contributed by atoms with van der Waals surface area (Å²) < 4.78 is 67.8. The summed E-state index contributed by atoms with van der Waals surface area (Å²) in [5.41, 5.74) is 7.34. The lowest BCUT2D eigenvalue weighted by Gasteiger charge is -2.41. The van der Waals surface area contributed by atoms with E-state index in [0.29, 0.717) is 54.9 Å². The number of aliphatic imine (C=N–C) groups is 1. The summed E-state index contributed by atoms with van der Waals surface area (Å²) >= 11 is 0.0596. The largest absolute Gasteiger partial charge is 0.377 e. The summed E-state index contributed by atoms with van der Waals surface area (Å²) in [7, 11) is 1.54. The van der Waals surface area contributed by atoms with Gasteiger partial charge in [0.25, 0.3) is 11.8 Å². The van der Waals surface area contributed by atoms with E-state index >= 15 is 13.2 Å². The molecule has 6 heterocycles. The van der Waals surface area contributed by atoms with Crippen LogP contribution in [0.5, 0.6) is 0 Å². The number of pyridine rings is 1. The van der Waals surface area contributed by atoms with E-state index in [1.165, 1.54) is 27.6 Å². The number of alkyl halides is 2. The minimum Gasteiger partial charge on any atom is -0.377 e. The number of nitrogens with one attached hydrogen (secondary N) is 2. The maximum absolute atomic E-state index is 15.7. The lowest BCUT2D eigenvalue weighted by atomic mass is 9.85. The lowest BCUT2D eigenvalue weighted by Crippen LogP contribution is -2.50. The van der Waals surface area contributed by atoms with Gasteiger partial charge in [-0.3, -0.25) is 29.2 Å². The second-order valence-electron chi connectivity index (χ2n) is 19.9. The van der Waals surface area contributed by atoms with E-state index in [-0.39, 0.29) is 79.9 Å². The number of Topliss-reactive ketones (excluding diaryl/α,β-unsaturated/α-hetero) is 1. The Kier molecular flexibility index (Phi) is 19.5. The van der Waals surface area contributed by atoms with E-state index in [1.54, 1.807) is 24.4 Å². The number of halogens is 4. The molecule has 3 unspecified atom stereocenters. The van der Waals surface area contributed by atoms with Crippen molar-refractivity contribution in [3.63, 3.8) is 0 Å². The SMILES string of the molecule is C=C1/C=C\C(c2ccnc(C)c2/C=C(\C)C(C)N2CCC(c3ccc(C(=O)N4CCC(CN5CCC(c6ccc(NC7CCC(=O)CNC7=O)cc6F)C(F)(F)C5)CC4)cc3)CC2)=C/N(SF)C(COC)=N1.CC. The van der Waals surface area contributed by atoms with E-state index in [1.807, 2.05) is 56.0 Å². The molecule has 0 saturated carbocycles. The molecule has 2 amide bonds. The predicted octanol–water partition coefficient (Wildman–Crippen LogP) is 10.8. The van der Waals surface area contributed by atoms with Gasteiger partial charge in [0.05, 0.1) is 24.7 Å². The second-order valence-corrected chi connectivity index (χ2v) is 20.5. The number of carbonyl (C=O) groups excluding carboxylic acids is 3. The van der Waals surface area contributed by atoms with Crippen LogP contribution in [0, 0.1) is 18.7 Å². The average molecular weight is 1040 g/mol. The number of likely N-dealkylation sites (tertiary alicyclic amines) is 3. The van der Waals surface area contributed by atoms with Gasteiger partial charge < -0.3 is 20.3 Å². The molecule has 4 fully saturated rings. The van der Waals surface area contributed by atoms with Crippen molar-refractivity contribution in [3.8, 4) is 0 Å². The number of aromatic nitrogens is 1. The molecule has 0 radical (unpaired) electrons. The van der Waals surface area contributed by atoms with Gasteiger partial charge >= 0.3 is 0 Å². The number of carbonyl (C=O) groups is 3. The first-order chi connectivity index (χ1) is 35.6. The van der Waals surface area contributed by atoms with Crippen LogP contribution in [-0.4, -0.2) is 132 Å². The van der Waals surface area contributed by atoms with Crippen molar-refractivity contribution in [1.29, 1.82) is 0 Å². The number of amides is 2. The Morgan fingerprint density at radius 2 is 1.73 bits per heavy atom. The second kappa shape index (κ2) is 25.7. The van der Waals surface area contributed by atoms with Crippen molar-refractivity contribution in [2.45, 2.75) is 109 Å². The summed E-state index contributed by atoms with van der Waals surface area (Å²) in [4.78, 5) is 53.0. The number of rotatable bonds is 14. The topological polar surface area (TPSA) is 123 Å². The minimum atomic E-state index is -3.15. The zero-order valence-corrected chi connectivity index (χ0v) is 44.5. The Hall–Kier alpha value is -5.62. The molecule has 4 saturated heterocycles. The van der Waals surface area contributed by atoms with Crippen LogP contribution in [0.15, 0.2) is 95.9 Å². The smallest absolute Gasteiger partial charge is 0.267 e. The first-order valence-electron chi connectivity index (χ1n) is 26.1. The van der Waals surface area contributed by atoms with Crippen LogP contribution in [0.25, 0.3) is 11.6 Å². The monoisotopic (exact) mass is 1040 g/mol. The maximum atomic E-state index is 15.7. The van der Waals surface area contributed by atoms with Crippen LogP contribution in [0.4, 0.5) is 22.7 Å². The standard InChI is InChI=1S/C55H66F4N8O4S.C2H6/c1-35(28-48-37(3)60-22-16-46(48)43-7-6-36(2)62-52(33-71-5)67(32-43)72-59)38(4)65-26-19-41(20-27-65)40-8-10-42(11-9-40)54(70)66-24-17-39(18-25-66)31-64-23-21-49(55(57,58)34-64)47-14-12-44(29-50(47)56)63-51-15-13-45(68)30-61-53(51)69;1-2/h6-12,14,16,22,28-29,32,38-39,41,49,51,63H,2,13,15,17-21,23-27,30-31,33-34H2,1,3-5H3,(H,61,69);1-2H3/b7-6-,35-28+,43-32+,62-52?;. The van der Waals surface area contributed by atoms with Crippen LogP contribution < -0.4 is 10.6 Å². The Bertz CT molecular complexity index is 2610. The molecule has 12 nitrogen and oxygen atoms in total. The maximum Gasteiger partial charge on any atom is 0.267 e. The third-order valence-electron chi connectivity index (χ3n) is 15.1. The summed E-state index contributed by atoms with van der Waals surface area (Å²) in [5.74, 6) is -4.69. The molecule has 0 spiro atoms. The number of amidine groups is 1. The fourth-order valence-corrected chi connectivity index (χ4v) is 11.1. The highest BCUT2D eigenvalue weighted by Crippen LogP contribution is 2.42. The number of ketones is 1. The molecule has 3 atom stereocenters. The zero-order valence-electron chi connectivity index (χ0n) is 43.6. The van der Waals surface area contributed by atoms with Gasteiger partial charge in [-0.25, -0.2) is 22.5 Å². The number of allylic oxidation sites excluding steroid dienone is 3. The van der Waals surface area contributed by atoms with Gasteiger partial charge in [-0.1, -0.05) is 56.4 Å². The highest BCUT2D eigenvalue weighted by atomic mass is 32.2. The van der Waals surface area contributed by atoms with E-state index in [0.717, 1.165) is 67.2 Å². The van der Waals surface area contributed by atoms with Gasteiger partial charge in [0.2, 0.25) is 5.91 Å². The summed E-state index contributed by atoms with van der Waals surface area (Å²) in [5, 5.41) is 5.51. The summed E-state index contributed by atoms with van der Waals surface area (Å²) in [6.45, 7) is 17.8. The number of hydrogen-bond donors (Lipinski definition) is 2. The number of aryl methyl sites for hydroxylation is 1. The van der Waals surface area contributed by atoms with Gasteiger partial charge in [-0.15, -0.1) is 3.89 Å². The Morgan fingerprint density at radius 3 is 2.41 bits per heavy atom. The number of nitrogens with zero attached hydrogens (tertiary/aromatic N) is 6. The van der Waals surface area contributed by atoms with Gasteiger partial charge in [-0.05, 0) is 149 Å². The molecule has 2 N–H and O–H groups in total. The molecule has 5 aliphatic heterocycles. The summed E-state index contributed by atoms with van der Waals surface area (Å²) in [6.07, 6.45) is 13.4. The molecule has 3 aromatic rings. The summed E-state index contributed by atoms with van der Waals surface area (Å²) in [6, 6.07) is 13.5. The van der Waals surface area contributed by atoms with Crippen molar-refractivity contribution >= 4 is 53.1 Å². The molecular weight excluding hydrogens is 969 g/mol. The molecule has 8 rings (SSSR count). The zero-order chi connectivity index (χ0) is 53.1. The van der Waals surface area contributed by atoms with Crippen LogP contribution in [0.1, 0.15) is 123 Å². The van der Waals surface area contributed by atoms with Crippen molar-refractivity contribution in [2.75, 3.05) is 71.4 Å². The Morgan fingerprint density at radius 1 is 1.00 bits per heavy atom. The van der Waals surface area contributed by atoms with Crippen molar-refractivity contribution in [2.24, 2.45) is 10.9 Å². The highest BCUT2D eigenvalue weighted by molar-refractivity contribution is 7.92. The fourth-order valence-electron chi connectivity index (χ4n) is 10.8. The number of hydrogen-bond acceptors (Lipinski definition) is 11. The van der Waals surface area contributed by atoms with Gasteiger partial charge in [0.1, 0.15) is 24.3 Å². The Balaban J connectivity index is 0.00000395. The van der Waals surface area contributed by atoms with Crippen molar-refractivity contribution in [3.05, 3.63) is 130 Å². The number of anilines is 1. The number of methoxy groups -OCH3 is 1. The van der Waals surface area contributed by atoms with Crippen molar-refractivity contribution in [1.82, 2.24) is 29.3 Å². The molecule has 0 aliphatic carbocycles. The third-order valence-corrected chi connectivity index (χ3v) is 15.6. The number of benzene rings is 2. The first-order valence-corrected chi connectivity index (χ1v) is 26.7. The lowest BCUT2D eigenvalue weighted by molar-refractivity contribution is -0.123. The van der Waals surface area contributed by atoms with Gasteiger partial charge in [-0.2, -0.15) is 0 Å². The minimum absolute atomic E-state index is 0.0169. The van der Waals surface area contributed by atoms with Gasteiger partial charge in [0, 0.05) is 74.1 Å². The molecular formula is C57H72F4N8O4S. The molecule has 17 heteroatoms. The predicted molar refractivity (Wildman–Crippen MR) is 288 cm³/mol. The quantitative estimate of drug-likeness (QED) is 0.119. The van der Waals surface area contributed by atoms with Crippen molar-refractivity contribution < 1.29 is 36.2 Å². The number of ether oxygens (including phenoxy) is 1. The molecule has 1 aromatic heterocycles. The van der Waals surface area contributed by atoms with E-state index in [4.69, 9.17) is 4.74 Å². The molecule has 0 bridgehead atoms. The average Bonchev–Trinajstić information content (AvgIpc) is 3.55. The highest BCUT2D eigenvalue weighted by Gasteiger charge is 2.47. The van der Waals surface area contributed by atoms with Crippen LogP contribution >= 0.6 is 12.3 Å². The molecule has 74 heavy (non-hydrogen) atoms. The molecule has 5 aliphatic rings. The Labute approximate surface area is 438 Å².